The summed E-state index contributed by atoms with van der Waals surface area (Å²) in [6, 6.07) is 9.13. The van der Waals surface area contributed by atoms with Gasteiger partial charge in [0.2, 0.25) is 0 Å². The molecule has 1 amide bonds. The molecule has 5 heterocycles. The molecule has 0 saturated carbocycles. The van der Waals surface area contributed by atoms with Gasteiger partial charge in [0.15, 0.2) is 11.9 Å². The molecule has 0 bridgehead atoms. The van der Waals surface area contributed by atoms with Gasteiger partial charge in [0.25, 0.3) is 5.91 Å². The summed E-state index contributed by atoms with van der Waals surface area (Å²) in [5, 5.41) is 9.33. The lowest BCUT2D eigenvalue weighted by molar-refractivity contribution is -0.117. The average Bonchev–Trinajstić information content (AvgIpc) is 3.64. The number of carbonyl (C=O) groups excluding carboxylic acids is 1. The van der Waals surface area contributed by atoms with Crippen molar-refractivity contribution in [2.75, 3.05) is 13.1 Å². The highest BCUT2D eigenvalue weighted by Gasteiger charge is 2.39. The van der Waals surface area contributed by atoms with Gasteiger partial charge in [-0.05, 0) is 56.4 Å². The Morgan fingerprint density at radius 3 is 2.63 bits per heavy atom. The van der Waals surface area contributed by atoms with Crippen LogP contribution in [0.5, 0.6) is 0 Å². The van der Waals surface area contributed by atoms with Gasteiger partial charge in [0.1, 0.15) is 12.0 Å². The van der Waals surface area contributed by atoms with Crippen LogP contribution in [0.4, 0.5) is 0 Å². The van der Waals surface area contributed by atoms with E-state index in [1.54, 1.807) is 12.5 Å². The van der Waals surface area contributed by atoms with Crippen molar-refractivity contribution in [3.05, 3.63) is 59.7 Å². The molecule has 2 aliphatic rings. The molecule has 0 aliphatic carbocycles. The number of ether oxygens (including phenoxy) is 1. The second-order valence-corrected chi connectivity index (χ2v) is 11.0. The van der Waals surface area contributed by atoms with Crippen molar-refractivity contribution in [1.82, 2.24) is 30.0 Å². The Kier molecular flexibility index (Phi) is 6.10. The quantitative estimate of drug-likeness (QED) is 0.342. The number of carbonyl (C=O) groups is 1. The number of aromatic amines is 2. The van der Waals surface area contributed by atoms with Crippen LogP contribution in [0.25, 0.3) is 33.2 Å². The maximum absolute atomic E-state index is 12.4. The van der Waals surface area contributed by atoms with Crippen LogP contribution in [0.1, 0.15) is 63.8 Å². The van der Waals surface area contributed by atoms with Crippen LogP contribution >= 0.6 is 0 Å². The molecule has 9 nitrogen and oxygen atoms in total. The first-order valence-corrected chi connectivity index (χ1v) is 13.5. The van der Waals surface area contributed by atoms with E-state index in [1.165, 1.54) is 5.56 Å². The Bertz CT molecular complexity index is 1520. The molecular formula is C29H35N7O2. The summed E-state index contributed by atoms with van der Waals surface area (Å²) in [6.45, 7) is 10.9. The molecule has 1 aromatic carbocycles. The number of aromatic nitrogens is 4. The summed E-state index contributed by atoms with van der Waals surface area (Å²) in [5.41, 5.74) is 12.4. The summed E-state index contributed by atoms with van der Waals surface area (Å²) >= 11 is 0. The van der Waals surface area contributed by atoms with Gasteiger partial charge in [0, 0.05) is 65.0 Å². The van der Waals surface area contributed by atoms with Crippen molar-refractivity contribution < 1.29 is 9.53 Å². The van der Waals surface area contributed by atoms with Crippen molar-refractivity contribution in [3.63, 3.8) is 0 Å². The zero-order valence-electron chi connectivity index (χ0n) is 22.4. The van der Waals surface area contributed by atoms with Crippen LogP contribution in [0.15, 0.2) is 48.6 Å². The normalized spacial score (nSPS) is 19.2. The second kappa shape index (κ2) is 9.47. The van der Waals surface area contributed by atoms with Crippen LogP contribution in [-0.4, -0.2) is 61.0 Å². The van der Waals surface area contributed by atoms with E-state index >= 15 is 0 Å². The van der Waals surface area contributed by atoms with E-state index in [9.17, 15) is 4.79 Å². The summed E-state index contributed by atoms with van der Waals surface area (Å²) < 4.78 is 6.16. The molecule has 9 heteroatoms. The van der Waals surface area contributed by atoms with E-state index in [0.29, 0.717) is 17.4 Å². The number of H-pyrrole nitrogens is 2. The topological polar surface area (TPSA) is 116 Å². The number of hydrogen-bond acceptors (Lipinski definition) is 6. The molecule has 2 aliphatic heterocycles. The fourth-order valence-corrected chi connectivity index (χ4v) is 6.14. The maximum Gasteiger partial charge on any atom is 0.268 e. The Labute approximate surface area is 222 Å². The second-order valence-electron chi connectivity index (χ2n) is 11.0. The number of fused-ring (bicyclic) bond motifs is 2. The van der Waals surface area contributed by atoms with E-state index in [0.717, 1.165) is 59.0 Å². The van der Waals surface area contributed by atoms with E-state index in [2.05, 4.69) is 75.9 Å². The summed E-state index contributed by atoms with van der Waals surface area (Å²) in [5.74, 6) is -0.183. The first kappa shape index (κ1) is 24.5. The molecule has 1 unspecified atom stereocenters. The highest BCUT2D eigenvalue weighted by Crippen LogP contribution is 2.42. The number of piperidine rings is 1. The molecule has 38 heavy (non-hydrogen) atoms. The third-order valence-electron chi connectivity index (χ3n) is 8.06. The van der Waals surface area contributed by atoms with Crippen molar-refractivity contribution in [1.29, 1.82) is 0 Å². The van der Waals surface area contributed by atoms with Crippen molar-refractivity contribution in [3.8, 4) is 11.3 Å². The molecule has 1 atom stereocenters. The molecule has 1 saturated heterocycles. The molecule has 4 N–H and O–H groups in total. The number of pyridine rings is 1. The monoisotopic (exact) mass is 513 g/mol. The first-order chi connectivity index (χ1) is 18.3. The molecule has 0 radical (unpaired) electrons. The Hall–Kier alpha value is -3.85. The lowest BCUT2D eigenvalue weighted by atomic mass is 9.94. The molecule has 198 valence electrons. The van der Waals surface area contributed by atoms with Crippen LogP contribution in [-0.2, 0) is 9.53 Å². The number of benzene rings is 1. The highest BCUT2D eigenvalue weighted by molar-refractivity contribution is 5.98. The molecular weight excluding hydrogens is 478 g/mol. The van der Waals surface area contributed by atoms with Gasteiger partial charge in [-0.2, -0.15) is 5.10 Å². The van der Waals surface area contributed by atoms with Gasteiger partial charge >= 0.3 is 0 Å². The number of primary amides is 1. The van der Waals surface area contributed by atoms with Gasteiger partial charge in [0.05, 0.1) is 5.69 Å². The smallest absolute Gasteiger partial charge is 0.268 e. The molecule has 0 spiro atoms. The zero-order chi connectivity index (χ0) is 26.6. The van der Waals surface area contributed by atoms with Gasteiger partial charge in [-0.3, -0.25) is 9.89 Å². The van der Waals surface area contributed by atoms with Crippen molar-refractivity contribution in [2.24, 2.45) is 5.73 Å². The third kappa shape index (κ3) is 4.01. The van der Waals surface area contributed by atoms with Gasteiger partial charge in [-0.15, -0.1) is 0 Å². The summed E-state index contributed by atoms with van der Waals surface area (Å²) in [7, 11) is 0. The molecule has 1 fully saturated rings. The number of nitrogens with zero attached hydrogens (tertiary/aromatic N) is 4. The lowest BCUT2D eigenvalue weighted by Gasteiger charge is -2.41. The van der Waals surface area contributed by atoms with E-state index < -0.39 is 12.1 Å². The van der Waals surface area contributed by atoms with Gasteiger partial charge in [-0.25, -0.2) is 4.98 Å². The molecule has 4 aromatic rings. The summed E-state index contributed by atoms with van der Waals surface area (Å²) in [4.78, 5) is 25.1. The number of nitrogens with one attached hydrogen (secondary N) is 2. The van der Waals surface area contributed by atoms with E-state index in [4.69, 9.17) is 10.5 Å². The van der Waals surface area contributed by atoms with Crippen molar-refractivity contribution in [2.45, 2.75) is 64.8 Å². The highest BCUT2D eigenvalue weighted by atomic mass is 16.5. The predicted molar refractivity (Wildman–Crippen MR) is 148 cm³/mol. The fourth-order valence-electron chi connectivity index (χ4n) is 6.14. The van der Waals surface area contributed by atoms with Gasteiger partial charge < -0.3 is 25.3 Å². The lowest BCUT2D eigenvalue weighted by Crippen LogP contribution is -2.48. The van der Waals surface area contributed by atoms with E-state index in [1.807, 2.05) is 12.3 Å². The number of nitrogens with two attached hydrogens (primary N) is 1. The summed E-state index contributed by atoms with van der Waals surface area (Å²) in [6.07, 6.45) is 6.76. The minimum absolute atomic E-state index is 0.185. The van der Waals surface area contributed by atoms with E-state index in [-0.39, 0.29) is 12.0 Å². The number of rotatable bonds is 6. The third-order valence-corrected chi connectivity index (χ3v) is 8.06. The number of amides is 1. The predicted octanol–water partition coefficient (Wildman–Crippen LogP) is 4.76. The Morgan fingerprint density at radius 2 is 1.92 bits per heavy atom. The van der Waals surface area contributed by atoms with Crippen LogP contribution in [0.2, 0.25) is 0 Å². The molecule has 3 aromatic heterocycles. The average molecular weight is 514 g/mol. The Morgan fingerprint density at radius 1 is 1.13 bits per heavy atom. The minimum atomic E-state index is -0.450. The standard InChI is InChI=1S/C29H35N7O2/c1-16(2)25-21-13-18(5-6-23(21)33-26(25)20-7-10-31-28-22(20)14-32-34-28)29-36(24(15-38-29)27(30)37)19-8-11-35(12-9-19)17(3)4/h5-7,10,13-17,19,29,33H,8-9,11-12H2,1-4H3,(H2,30,37)(H,31,32,34). The largest absolute Gasteiger partial charge is 0.471 e. The minimum Gasteiger partial charge on any atom is -0.471 e. The van der Waals surface area contributed by atoms with Crippen LogP contribution < -0.4 is 5.73 Å². The maximum atomic E-state index is 12.4. The zero-order valence-corrected chi connectivity index (χ0v) is 22.4. The van der Waals surface area contributed by atoms with Crippen molar-refractivity contribution >= 4 is 27.8 Å². The number of hydrogen-bond donors (Lipinski definition) is 3. The first-order valence-electron chi connectivity index (χ1n) is 13.5. The van der Waals surface area contributed by atoms with Crippen LogP contribution in [0, 0.1) is 0 Å². The number of likely N-dealkylation sites (tertiary alicyclic amines) is 1. The fraction of sp³-hybridized carbons (Fsp3) is 0.414. The van der Waals surface area contributed by atoms with Gasteiger partial charge in [-0.1, -0.05) is 19.9 Å². The Balaban J connectivity index is 1.40. The SMILES string of the molecule is CC(C)c1c(-c2ccnc3n[nH]cc23)[nH]c2ccc(C3OC=C(C(N)=O)N3C3CCN(C(C)C)CC3)cc12. The molecule has 6 rings (SSSR count). The van der Waals surface area contributed by atoms with Crippen LogP contribution in [0.3, 0.4) is 0 Å².